The molecule has 0 amide bonds. The highest BCUT2D eigenvalue weighted by Gasteiger charge is 2.11. The number of carboxylic acid groups (broad SMARTS) is 1. The van der Waals surface area contributed by atoms with E-state index in [0.29, 0.717) is 22.6 Å². The summed E-state index contributed by atoms with van der Waals surface area (Å²) in [4.78, 5) is 15.5. The zero-order valence-electron chi connectivity index (χ0n) is 13.0. The third kappa shape index (κ3) is 3.55. The first-order chi connectivity index (χ1) is 11.7. The van der Waals surface area contributed by atoms with Gasteiger partial charge in [0.2, 0.25) is 5.89 Å². The summed E-state index contributed by atoms with van der Waals surface area (Å²) in [5.41, 5.74) is 3.09. The molecule has 0 aliphatic carbocycles. The van der Waals surface area contributed by atoms with Crippen molar-refractivity contribution in [3.05, 3.63) is 48.0 Å². The van der Waals surface area contributed by atoms with Crippen LogP contribution in [-0.2, 0) is 0 Å². The Morgan fingerprint density at radius 2 is 2.04 bits per heavy atom. The number of hydrogen-bond acceptors (Lipinski definition) is 5. The van der Waals surface area contributed by atoms with Gasteiger partial charge in [0.1, 0.15) is 5.52 Å². The molecule has 2 aromatic carbocycles. The summed E-state index contributed by atoms with van der Waals surface area (Å²) in [5.74, 6) is -0.590. The van der Waals surface area contributed by atoms with Gasteiger partial charge in [0.15, 0.2) is 5.58 Å². The summed E-state index contributed by atoms with van der Waals surface area (Å²) in [6, 6.07) is 12.2. The summed E-state index contributed by atoms with van der Waals surface area (Å²) >= 11 is 0. The fourth-order valence-electron chi connectivity index (χ4n) is 2.41. The van der Waals surface area contributed by atoms with Crippen LogP contribution in [0.1, 0.15) is 23.2 Å². The Morgan fingerprint density at radius 1 is 1.17 bits per heavy atom. The number of aromatic carboxylic acids is 1. The number of carboxylic acids is 1. The second-order valence-corrected chi connectivity index (χ2v) is 5.44. The molecule has 6 heteroatoms. The Bertz CT molecular complexity index is 857. The van der Waals surface area contributed by atoms with E-state index in [1.807, 2.05) is 18.2 Å². The molecule has 1 heterocycles. The average molecular weight is 326 g/mol. The number of hydrogen-bond donors (Lipinski definition) is 3. The molecule has 0 saturated heterocycles. The number of fused-ring (bicyclic) bond motifs is 1. The van der Waals surface area contributed by atoms with E-state index in [-0.39, 0.29) is 12.2 Å². The van der Waals surface area contributed by atoms with Crippen LogP contribution in [0, 0.1) is 0 Å². The Balaban J connectivity index is 1.83. The molecule has 0 bridgehead atoms. The van der Waals surface area contributed by atoms with E-state index in [2.05, 4.69) is 10.3 Å². The third-order valence-corrected chi connectivity index (χ3v) is 3.66. The number of aliphatic hydroxyl groups excluding tert-OH is 1. The molecule has 0 fully saturated rings. The normalized spacial score (nSPS) is 10.9. The zero-order valence-corrected chi connectivity index (χ0v) is 13.0. The minimum Gasteiger partial charge on any atom is -0.478 e. The number of benzene rings is 2. The van der Waals surface area contributed by atoms with Crippen LogP contribution in [0.25, 0.3) is 22.6 Å². The molecule has 0 spiro atoms. The fraction of sp³-hybridized carbons (Fsp3) is 0.222. The average Bonchev–Trinajstić information content (AvgIpc) is 3.02. The Kier molecular flexibility index (Phi) is 4.77. The van der Waals surface area contributed by atoms with E-state index in [9.17, 15) is 4.79 Å². The zero-order chi connectivity index (χ0) is 16.9. The maximum absolute atomic E-state index is 11.1. The van der Waals surface area contributed by atoms with E-state index in [1.165, 1.54) is 6.07 Å². The summed E-state index contributed by atoms with van der Waals surface area (Å²) in [6.45, 7) is 0.968. The highest BCUT2D eigenvalue weighted by molar-refractivity contribution is 5.89. The fourth-order valence-corrected chi connectivity index (χ4v) is 2.41. The quantitative estimate of drug-likeness (QED) is 0.576. The predicted molar refractivity (Wildman–Crippen MR) is 91.2 cm³/mol. The first-order valence-corrected chi connectivity index (χ1v) is 7.76. The van der Waals surface area contributed by atoms with Crippen LogP contribution >= 0.6 is 0 Å². The largest absolute Gasteiger partial charge is 0.478 e. The van der Waals surface area contributed by atoms with Gasteiger partial charge in [0.05, 0.1) is 5.56 Å². The number of nitrogens with one attached hydrogen (secondary N) is 1. The number of nitrogens with zero attached hydrogens (tertiary/aromatic N) is 1. The van der Waals surface area contributed by atoms with Crippen LogP contribution in [-0.4, -0.2) is 34.3 Å². The monoisotopic (exact) mass is 326 g/mol. The van der Waals surface area contributed by atoms with Crippen LogP contribution in [0.15, 0.2) is 46.9 Å². The molecule has 0 radical (unpaired) electrons. The van der Waals surface area contributed by atoms with Gasteiger partial charge in [-0.25, -0.2) is 9.78 Å². The highest BCUT2D eigenvalue weighted by Crippen LogP contribution is 2.27. The smallest absolute Gasteiger partial charge is 0.335 e. The van der Waals surface area contributed by atoms with Crippen molar-refractivity contribution in [1.29, 1.82) is 0 Å². The van der Waals surface area contributed by atoms with E-state index < -0.39 is 5.97 Å². The molecule has 0 atom stereocenters. The van der Waals surface area contributed by atoms with Gasteiger partial charge >= 0.3 is 5.97 Å². The molecule has 0 aliphatic heterocycles. The maximum Gasteiger partial charge on any atom is 0.335 e. The molecule has 3 rings (SSSR count). The lowest BCUT2D eigenvalue weighted by molar-refractivity contribution is 0.0697. The lowest BCUT2D eigenvalue weighted by Crippen LogP contribution is -2.01. The summed E-state index contributed by atoms with van der Waals surface area (Å²) < 4.78 is 5.77. The molecular weight excluding hydrogens is 308 g/mol. The van der Waals surface area contributed by atoms with Crippen molar-refractivity contribution in [2.24, 2.45) is 0 Å². The van der Waals surface area contributed by atoms with Crippen molar-refractivity contribution in [2.45, 2.75) is 12.8 Å². The van der Waals surface area contributed by atoms with Gasteiger partial charge in [-0.3, -0.25) is 0 Å². The van der Waals surface area contributed by atoms with Crippen molar-refractivity contribution in [2.75, 3.05) is 18.5 Å². The Labute approximate surface area is 138 Å². The molecule has 0 aliphatic rings. The van der Waals surface area contributed by atoms with Crippen molar-refractivity contribution < 1.29 is 19.4 Å². The lowest BCUT2D eigenvalue weighted by Gasteiger charge is -2.04. The lowest BCUT2D eigenvalue weighted by atomic mass is 10.1. The second kappa shape index (κ2) is 7.14. The number of aromatic nitrogens is 1. The van der Waals surface area contributed by atoms with Gasteiger partial charge in [-0.05, 0) is 43.2 Å². The molecule has 0 unspecified atom stereocenters. The minimum absolute atomic E-state index is 0.195. The van der Waals surface area contributed by atoms with Gasteiger partial charge in [-0.15, -0.1) is 0 Å². The number of anilines is 1. The van der Waals surface area contributed by atoms with Crippen molar-refractivity contribution in [3.63, 3.8) is 0 Å². The molecular formula is C18H18N2O4. The van der Waals surface area contributed by atoms with Crippen LogP contribution in [0.5, 0.6) is 0 Å². The second-order valence-electron chi connectivity index (χ2n) is 5.44. The number of unbranched alkanes of at least 4 members (excludes halogenated alkanes) is 1. The summed E-state index contributed by atoms with van der Waals surface area (Å²) in [7, 11) is 0. The van der Waals surface area contributed by atoms with E-state index in [4.69, 9.17) is 14.6 Å². The molecule has 0 saturated carbocycles. The summed E-state index contributed by atoms with van der Waals surface area (Å²) in [5, 5.41) is 21.1. The highest BCUT2D eigenvalue weighted by atomic mass is 16.4. The van der Waals surface area contributed by atoms with Crippen LogP contribution in [0.2, 0.25) is 0 Å². The third-order valence-electron chi connectivity index (χ3n) is 3.66. The molecule has 124 valence electrons. The van der Waals surface area contributed by atoms with E-state index in [1.54, 1.807) is 18.2 Å². The number of carbonyl (C=O) groups is 1. The molecule has 24 heavy (non-hydrogen) atoms. The molecule has 3 aromatic rings. The van der Waals surface area contributed by atoms with Crippen molar-refractivity contribution in [3.8, 4) is 11.5 Å². The maximum atomic E-state index is 11.1. The first kappa shape index (κ1) is 16.0. The number of aliphatic hydroxyl groups is 1. The number of oxazole rings is 1. The van der Waals surface area contributed by atoms with Gasteiger partial charge < -0.3 is 19.9 Å². The van der Waals surface area contributed by atoms with Gasteiger partial charge in [-0.2, -0.15) is 0 Å². The summed E-state index contributed by atoms with van der Waals surface area (Å²) in [6.07, 6.45) is 1.65. The molecule has 1 aromatic heterocycles. The van der Waals surface area contributed by atoms with E-state index in [0.717, 1.165) is 25.1 Å². The predicted octanol–water partition coefficient (Wildman–Crippen LogP) is 3.38. The van der Waals surface area contributed by atoms with Crippen molar-refractivity contribution in [1.82, 2.24) is 4.98 Å². The minimum atomic E-state index is -0.984. The van der Waals surface area contributed by atoms with Gasteiger partial charge in [0, 0.05) is 30.5 Å². The topological polar surface area (TPSA) is 95.6 Å². The van der Waals surface area contributed by atoms with E-state index >= 15 is 0 Å². The Hall–Kier alpha value is -2.86. The Morgan fingerprint density at radius 3 is 2.83 bits per heavy atom. The van der Waals surface area contributed by atoms with Crippen LogP contribution in [0.4, 0.5) is 5.69 Å². The standard InChI is InChI=1S/C18H18N2O4/c21-9-2-1-8-19-14-6-7-15-16(11-14)24-17(20-15)12-4-3-5-13(10-12)18(22)23/h3-7,10-11,19,21H,1-2,8-9H2,(H,22,23). The van der Waals surface area contributed by atoms with Crippen LogP contribution in [0.3, 0.4) is 0 Å². The van der Waals surface area contributed by atoms with Crippen molar-refractivity contribution >= 4 is 22.8 Å². The number of rotatable bonds is 7. The molecule has 6 nitrogen and oxygen atoms in total. The van der Waals surface area contributed by atoms with Crippen LogP contribution < -0.4 is 5.32 Å². The van der Waals surface area contributed by atoms with Gasteiger partial charge in [-0.1, -0.05) is 6.07 Å². The SMILES string of the molecule is O=C(O)c1cccc(-c2nc3ccc(NCCCCO)cc3o2)c1. The van der Waals surface area contributed by atoms with Gasteiger partial charge in [0.25, 0.3) is 0 Å². The first-order valence-electron chi connectivity index (χ1n) is 7.76. The molecule has 3 N–H and O–H groups in total.